The van der Waals surface area contributed by atoms with Crippen LogP contribution in [0.3, 0.4) is 0 Å². The molecule has 2 N–H and O–H groups in total. The normalized spacial score (nSPS) is 12.1. The van der Waals surface area contributed by atoms with Crippen molar-refractivity contribution in [2.45, 2.75) is 25.8 Å². The first-order valence-corrected chi connectivity index (χ1v) is 8.11. The number of nitrogens with one attached hydrogen (secondary N) is 1. The van der Waals surface area contributed by atoms with E-state index in [9.17, 15) is 9.90 Å². The lowest BCUT2D eigenvalue weighted by Gasteiger charge is -2.15. The topological polar surface area (TPSA) is 49.3 Å². The van der Waals surface area contributed by atoms with Crippen LogP contribution >= 0.6 is 34.5 Å². The smallest absolute Gasteiger partial charge is 0.331 e. The van der Waals surface area contributed by atoms with Crippen LogP contribution in [-0.2, 0) is 11.2 Å². The average molecular weight is 344 g/mol. The van der Waals surface area contributed by atoms with Gasteiger partial charge in [-0.2, -0.15) is 0 Å². The number of carboxylic acids is 1. The Hall–Kier alpha value is -1.23. The third kappa shape index (κ3) is 4.37. The zero-order chi connectivity index (χ0) is 15.4. The first-order chi connectivity index (χ1) is 9.99. The van der Waals surface area contributed by atoms with Gasteiger partial charge in [-0.1, -0.05) is 36.5 Å². The highest BCUT2D eigenvalue weighted by Crippen LogP contribution is 2.30. The summed E-state index contributed by atoms with van der Waals surface area (Å²) in [4.78, 5) is 13.5. The molecule has 0 amide bonds. The maximum atomic E-state index is 11.5. The molecule has 0 radical (unpaired) electrons. The van der Waals surface area contributed by atoms with E-state index in [1.54, 1.807) is 18.2 Å². The van der Waals surface area contributed by atoms with E-state index in [0.717, 1.165) is 17.7 Å². The van der Waals surface area contributed by atoms with Crippen LogP contribution in [0.4, 0.5) is 5.69 Å². The van der Waals surface area contributed by atoms with Crippen molar-refractivity contribution in [2.75, 3.05) is 5.32 Å². The number of carbonyl (C=O) groups is 1. The predicted molar refractivity (Wildman–Crippen MR) is 88.8 cm³/mol. The van der Waals surface area contributed by atoms with Crippen LogP contribution in [0.1, 0.15) is 29.1 Å². The van der Waals surface area contributed by atoms with Crippen molar-refractivity contribution in [3.63, 3.8) is 0 Å². The monoisotopic (exact) mass is 343 g/mol. The van der Waals surface area contributed by atoms with Crippen LogP contribution in [0.25, 0.3) is 0 Å². The number of rotatable bonds is 6. The lowest BCUT2D eigenvalue weighted by molar-refractivity contribution is -0.138. The summed E-state index contributed by atoms with van der Waals surface area (Å²) >= 11 is 13.4. The molecule has 0 fully saturated rings. The molecule has 2 rings (SSSR count). The maximum absolute atomic E-state index is 11.5. The van der Waals surface area contributed by atoms with Gasteiger partial charge in [0.15, 0.2) is 6.04 Å². The van der Waals surface area contributed by atoms with Crippen molar-refractivity contribution < 1.29 is 9.90 Å². The third-order valence-electron chi connectivity index (χ3n) is 2.88. The highest BCUT2D eigenvalue weighted by Gasteiger charge is 2.21. The number of aryl methyl sites for hydroxylation is 1. The second-order valence-corrected chi connectivity index (χ2v) is 6.70. The highest BCUT2D eigenvalue weighted by molar-refractivity contribution is 7.12. The second kappa shape index (κ2) is 7.16. The van der Waals surface area contributed by atoms with Gasteiger partial charge in [0.25, 0.3) is 0 Å². The molecule has 1 aromatic carbocycles. The molecule has 0 spiro atoms. The molecule has 21 heavy (non-hydrogen) atoms. The van der Waals surface area contributed by atoms with Gasteiger partial charge in [-0.3, -0.25) is 0 Å². The Balaban J connectivity index is 2.24. The summed E-state index contributed by atoms with van der Waals surface area (Å²) in [6, 6.07) is 7.94. The van der Waals surface area contributed by atoms with E-state index < -0.39 is 12.0 Å². The Bertz CT molecular complexity index is 622. The minimum Gasteiger partial charge on any atom is -0.479 e. The number of aliphatic carboxylic acids is 1. The lowest BCUT2D eigenvalue weighted by atomic mass is 10.2. The molecule has 1 unspecified atom stereocenters. The van der Waals surface area contributed by atoms with Crippen LogP contribution in [0.2, 0.25) is 10.0 Å². The van der Waals surface area contributed by atoms with Crippen molar-refractivity contribution in [3.8, 4) is 0 Å². The van der Waals surface area contributed by atoms with Gasteiger partial charge in [0, 0.05) is 25.5 Å². The third-order valence-corrected chi connectivity index (χ3v) is 4.53. The summed E-state index contributed by atoms with van der Waals surface area (Å²) in [7, 11) is 0. The van der Waals surface area contributed by atoms with Gasteiger partial charge in [0.05, 0.1) is 0 Å². The first-order valence-electron chi connectivity index (χ1n) is 6.53. The number of anilines is 1. The molecule has 0 bridgehead atoms. The van der Waals surface area contributed by atoms with Crippen LogP contribution in [-0.4, -0.2) is 11.1 Å². The van der Waals surface area contributed by atoms with Crippen LogP contribution < -0.4 is 5.32 Å². The van der Waals surface area contributed by atoms with E-state index in [1.807, 2.05) is 12.1 Å². The zero-order valence-corrected chi connectivity index (χ0v) is 13.7. The molecular formula is C15H15Cl2NO2S. The van der Waals surface area contributed by atoms with E-state index in [0.29, 0.717) is 15.7 Å². The number of hydrogen-bond donors (Lipinski definition) is 2. The fourth-order valence-corrected chi connectivity index (χ4v) is 3.67. The number of thiophene rings is 1. The number of hydrogen-bond acceptors (Lipinski definition) is 3. The molecule has 2 aromatic rings. The fourth-order valence-electron chi connectivity index (χ4n) is 1.99. The molecule has 1 aromatic heterocycles. The van der Waals surface area contributed by atoms with Crippen molar-refractivity contribution >= 4 is 46.2 Å². The van der Waals surface area contributed by atoms with Crippen molar-refractivity contribution in [2.24, 2.45) is 0 Å². The number of benzene rings is 1. The van der Waals surface area contributed by atoms with Gasteiger partial charge in [0.2, 0.25) is 0 Å². The SMILES string of the molecule is CCCc1ccc(C(Nc2cc(Cl)cc(Cl)c2)C(=O)O)s1. The Labute approximate surface area is 137 Å². The summed E-state index contributed by atoms with van der Waals surface area (Å²) in [5, 5.41) is 13.3. The zero-order valence-electron chi connectivity index (χ0n) is 11.4. The molecule has 1 atom stereocenters. The van der Waals surface area contributed by atoms with E-state index in [1.165, 1.54) is 16.2 Å². The molecule has 3 nitrogen and oxygen atoms in total. The number of halogens is 2. The first kappa shape index (κ1) is 16.1. The van der Waals surface area contributed by atoms with Crippen LogP contribution in [0.15, 0.2) is 30.3 Å². The average Bonchev–Trinajstić information content (AvgIpc) is 2.83. The lowest BCUT2D eigenvalue weighted by Crippen LogP contribution is -2.19. The molecule has 0 aliphatic carbocycles. The molecule has 1 heterocycles. The van der Waals surface area contributed by atoms with Crippen molar-refractivity contribution in [3.05, 3.63) is 50.1 Å². The quantitative estimate of drug-likeness (QED) is 0.753. The molecule has 0 aliphatic heterocycles. The summed E-state index contributed by atoms with van der Waals surface area (Å²) in [5.74, 6) is -0.934. The van der Waals surface area contributed by atoms with Gasteiger partial charge >= 0.3 is 5.97 Å². The van der Waals surface area contributed by atoms with Crippen molar-refractivity contribution in [1.29, 1.82) is 0 Å². The van der Waals surface area contributed by atoms with Crippen LogP contribution in [0, 0.1) is 0 Å². The van der Waals surface area contributed by atoms with Crippen molar-refractivity contribution in [1.82, 2.24) is 0 Å². The van der Waals surface area contributed by atoms with E-state index in [2.05, 4.69) is 12.2 Å². The van der Waals surface area contributed by atoms with Gasteiger partial charge in [-0.15, -0.1) is 11.3 Å². The van der Waals surface area contributed by atoms with E-state index >= 15 is 0 Å². The summed E-state index contributed by atoms with van der Waals surface area (Å²) in [6.07, 6.45) is 2.00. The standard InChI is InChI=1S/C15H15Cl2NO2S/c1-2-3-12-4-5-13(21-12)14(15(19)20)18-11-7-9(16)6-10(17)8-11/h4-8,14,18H,2-3H2,1H3,(H,19,20). The Morgan fingerprint density at radius 2 is 1.95 bits per heavy atom. The van der Waals surface area contributed by atoms with Gasteiger partial charge in [-0.05, 0) is 36.8 Å². The van der Waals surface area contributed by atoms with Crippen LogP contribution in [0.5, 0.6) is 0 Å². The molecule has 6 heteroatoms. The van der Waals surface area contributed by atoms with E-state index in [-0.39, 0.29) is 0 Å². The fraction of sp³-hybridized carbons (Fsp3) is 0.267. The minimum absolute atomic E-state index is 0.465. The highest BCUT2D eigenvalue weighted by atomic mass is 35.5. The minimum atomic E-state index is -0.934. The second-order valence-electron chi connectivity index (χ2n) is 4.63. The van der Waals surface area contributed by atoms with Gasteiger partial charge in [0.1, 0.15) is 0 Å². The Morgan fingerprint density at radius 3 is 2.52 bits per heavy atom. The molecule has 0 saturated carbocycles. The maximum Gasteiger partial charge on any atom is 0.331 e. The van der Waals surface area contributed by atoms with Gasteiger partial charge in [-0.25, -0.2) is 4.79 Å². The largest absolute Gasteiger partial charge is 0.479 e. The molecular weight excluding hydrogens is 329 g/mol. The summed E-state index contributed by atoms with van der Waals surface area (Å²) in [5.41, 5.74) is 0.588. The molecule has 112 valence electrons. The summed E-state index contributed by atoms with van der Waals surface area (Å²) < 4.78 is 0. The summed E-state index contributed by atoms with van der Waals surface area (Å²) in [6.45, 7) is 2.10. The molecule has 0 aliphatic rings. The Kier molecular flexibility index (Phi) is 5.51. The Morgan fingerprint density at radius 1 is 1.29 bits per heavy atom. The van der Waals surface area contributed by atoms with E-state index in [4.69, 9.17) is 23.2 Å². The van der Waals surface area contributed by atoms with Gasteiger partial charge < -0.3 is 10.4 Å². The number of carboxylic acid groups (broad SMARTS) is 1. The predicted octanol–water partition coefficient (Wildman–Crippen LogP) is 5.25. The molecule has 0 saturated heterocycles.